The Kier molecular flexibility index (Phi) is 8.60. The zero-order valence-electron chi connectivity index (χ0n) is 23.6. The maximum absolute atomic E-state index is 15.2. The van der Waals surface area contributed by atoms with Gasteiger partial charge in [-0.2, -0.15) is 13.2 Å². The van der Waals surface area contributed by atoms with Gasteiger partial charge in [0.25, 0.3) is 6.02 Å². The zero-order chi connectivity index (χ0) is 30.8. The summed E-state index contributed by atoms with van der Waals surface area (Å²) in [6, 6.07) is 27.6. The van der Waals surface area contributed by atoms with Crippen molar-refractivity contribution >= 4 is 28.6 Å². The van der Waals surface area contributed by atoms with E-state index in [1.165, 1.54) is 19.1 Å². The molecule has 10 heteroatoms. The van der Waals surface area contributed by atoms with Gasteiger partial charge >= 0.3 is 6.18 Å². The Morgan fingerprint density at radius 3 is 1.88 bits per heavy atom. The van der Waals surface area contributed by atoms with Gasteiger partial charge in [-0.3, -0.25) is 0 Å². The molecule has 0 fully saturated rings. The fourth-order valence-corrected chi connectivity index (χ4v) is 5.89. The molecule has 0 spiro atoms. The van der Waals surface area contributed by atoms with Crippen molar-refractivity contribution in [2.45, 2.75) is 36.7 Å². The molecule has 0 bridgehead atoms. The summed E-state index contributed by atoms with van der Waals surface area (Å²) >= 11 is 2.00. The largest absolute Gasteiger partial charge is 0.497 e. The monoisotopic (exact) mass is 704 g/mol. The number of ether oxygens (including phenoxy) is 3. The maximum atomic E-state index is 15.2. The summed E-state index contributed by atoms with van der Waals surface area (Å²) in [5.74, 6) is 0.560. The van der Waals surface area contributed by atoms with Gasteiger partial charge in [0.15, 0.2) is 6.10 Å². The first-order chi connectivity index (χ1) is 20.5. The third-order valence-electron chi connectivity index (χ3n) is 7.61. The number of nitrogens with zero attached hydrogens (tertiary/aromatic N) is 1. The average molecular weight is 705 g/mol. The van der Waals surface area contributed by atoms with E-state index in [-0.39, 0.29) is 11.6 Å². The summed E-state index contributed by atoms with van der Waals surface area (Å²) in [5.41, 5.74) is -0.784. The Morgan fingerprint density at radius 2 is 1.37 bits per heavy atom. The second-order valence-corrected chi connectivity index (χ2v) is 11.6. The summed E-state index contributed by atoms with van der Waals surface area (Å²) in [4.78, 5) is 4.67. The molecule has 1 heterocycles. The van der Waals surface area contributed by atoms with Crippen LogP contribution in [0.4, 0.5) is 17.6 Å². The van der Waals surface area contributed by atoms with Gasteiger partial charge in [-0.15, -0.1) is 0 Å². The molecule has 1 aliphatic heterocycles. The second kappa shape index (κ2) is 12.1. The van der Waals surface area contributed by atoms with Gasteiger partial charge < -0.3 is 19.5 Å². The average Bonchev–Trinajstić information content (AvgIpc) is 3.01. The van der Waals surface area contributed by atoms with Crippen LogP contribution in [0, 0.1) is 9.39 Å². The van der Waals surface area contributed by atoms with Crippen LogP contribution >= 0.6 is 22.6 Å². The van der Waals surface area contributed by atoms with Crippen molar-refractivity contribution in [2.24, 2.45) is 4.99 Å². The number of hydrogen-bond acceptors (Lipinski definition) is 5. The zero-order valence-corrected chi connectivity index (χ0v) is 25.7. The number of hydrogen-bond donors (Lipinski definition) is 1. The molecule has 0 aromatic heterocycles. The van der Waals surface area contributed by atoms with Crippen molar-refractivity contribution in [3.8, 4) is 11.5 Å². The van der Waals surface area contributed by atoms with Gasteiger partial charge in [0.05, 0.1) is 19.8 Å². The van der Waals surface area contributed by atoms with Crippen LogP contribution < -0.4 is 14.8 Å². The summed E-state index contributed by atoms with van der Waals surface area (Å²) in [6.45, 7) is 1.50. The molecular formula is C33H29F4IN2O3. The second-order valence-electron chi connectivity index (χ2n) is 10.4. The summed E-state index contributed by atoms with van der Waals surface area (Å²) in [7, 11) is 3.10. The molecule has 0 aliphatic carbocycles. The van der Waals surface area contributed by atoms with E-state index in [9.17, 15) is 13.2 Å². The molecule has 43 heavy (non-hydrogen) atoms. The number of nitrogens with one attached hydrogen (secondary N) is 1. The standard InChI is InChI=1S/C33H29F4IN2O3/c1-31(27-19-24(38)13-18-28(27)34)20-29(33(35,36)37)43-30(39-31)40-32(21-7-5-4-6-8-21,22-9-14-25(41-2)15-10-22)23-11-16-26(42-3)17-12-23/h4-19,29H,20H2,1-3H3,(H,39,40)/t29-,31-/m0/s1. The minimum absolute atomic E-state index is 0.0513. The molecule has 1 N–H and O–H groups in total. The third kappa shape index (κ3) is 6.15. The van der Waals surface area contributed by atoms with Crippen LogP contribution in [0.5, 0.6) is 11.5 Å². The highest BCUT2D eigenvalue weighted by molar-refractivity contribution is 14.1. The minimum atomic E-state index is -4.74. The van der Waals surface area contributed by atoms with Crippen LogP contribution in [-0.2, 0) is 15.8 Å². The predicted octanol–water partition coefficient (Wildman–Crippen LogP) is 7.95. The van der Waals surface area contributed by atoms with E-state index in [0.29, 0.717) is 31.8 Å². The number of methoxy groups -OCH3 is 2. The van der Waals surface area contributed by atoms with E-state index in [0.717, 1.165) is 0 Å². The Hall–Kier alpha value is -3.80. The van der Waals surface area contributed by atoms with E-state index in [4.69, 9.17) is 14.2 Å². The van der Waals surface area contributed by atoms with E-state index in [2.05, 4.69) is 10.3 Å². The van der Waals surface area contributed by atoms with E-state index in [1.807, 2.05) is 77.2 Å². The lowest BCUT2D eigenvalue weighted by Crippen LogP contribution is -2.54. The van der Waals surface area contributed by atoms with Crippen molar-refractivity contribution in [1.82, 2.24) is 5.32 Å². The van der Waals surface area contributed by atoms with Crippen molar-refractivity contribution in [3.05, 3.63) is 129 Å². The maximum Gasteiger partial charge on any atom is 0.425 e. The predicted molar refractivity (Wildman–Crippen MR) is 165 cm³/mol. The van der Waals surface area contributed by atoms with Gasteiger partial charge in [0.1, 0.15) is 22.9 Å². The topological polar surface area (TPSA) is 52.1 Å². The fraction of sp³-hybridized carbons (Fsp3) is 0.242. The number of alkyl halides is 3. The number of halogens is 5. The molecule has 0 amide bonds. The molecule has 1 aliphatic rings. The Balaban J connectivity index is 1.76. The lowest BCUT2D eigenvalue weighted by molar-refractivity contribution is -0.209. The van der Waals surface area contributed by atoms with Crippen molar-refractivity contribution < 1.29 is 31.8 Å². The van der Waals surface area contributed by atoms with E-state index >= 15 is 4.39 Å². The van der Waals surface area contributed by atoms with Crippen molar-refractivity contribution in [1.29, 1.82) is 0 Å². The van der Waals surface area contributed by atoms with Gasteiger partial charge in [0, 0.05) is 15.6 Å². The first-order valence-electron chi connectivity index (χ1n) is 13.4. The molecular weight excluding hydrogens is 675 g/mol. The lowest BCUT2D eigenvalue weighted by Gasteiger charge is -2.42. The lowest BCUT2D eigenvalue weighted by atomic mass is 9.77. The van der Waals surface area contributed by atoms with Crippen LogP contribution in [0.15, 0.2) is 102 Å². The number of amidine groups is 1. The molecule has 0 saturated heterocycles. The van der Waals surface area contributed by atoms with Gasteiger partial charge in [-0.25, -0.2) is 9.38 Å². The molecule has 0 radical (unpaired) electrons. The molecule has 0 saturated carbocycles. The van der Waals surface area contributed by atoms with Crippen molar-refractivity contribution in [2.75, 3.05) is 14.2 Å². The van der Waals surface area contributed by atoms with Crippen LogP contribution in [-0.4, -0.2) is 32.5 Å². The SMILES string of the molecule is COc1ccc(C(NC2=N[C@](C)(c3cc(I)ccc3F)C[C@@H](C(F)(F)F)O2)(c2ccccc2)c2ccc(OC)cc2)cc1. The fourth-order valence-electron chi connectivity index (χ4n) is 5.40. The first kappa shape index (κ1) is 30.7. The number of rotatable bonds is 7. The van der Waals surface area contributed by atoms with Crippen LogP contribution in [0.1, 0.15) is 35.6 Å². The Morgan fingerprint density at radius 1 is 0.837 bits per heavy atom. The molecule has 2 atom stereocenters. The molecule has 224 valence electrons. The van der Waals surface area contributed by atoms with E-state index < -0.39 is 35.6 Å². The van der Waals surface area contributed by atoms with Gasteiger partial charge in [-0.05, 0) is 88.7 Å². The summed E-state index contributed by atoms with van der Waals surface area (Å²) in [5, 5.41) is 3.28. The van der Waals surface area contributed by atoms with Gasteiger partial charge in [-0.1, -0.05) is 54.6 Å². The van der Waals surface area contributed by atoms with Gasteiger partial charge in [0.2, 0.25) is 0 Å². The molecule has 4 aromatic rings. The van der Waals surface area contributed by atoms with Crippen LogP contribution in [0.2, 0.25) is 0 Å². The summed E-state index contributed by atoms with van der Waals surface area (Å²) < 4.78 is 75.4. The Bertz CT molecular complexity index is 1550. The van der Waals surface area contributed by atoms with Crippen molar-refractivity contribution in [3.63, 3.8) is 0 Å². The highest BCUT2D eigenvalue weighted by Crippen LogP contribution is 2.44. The normalized spacial score (nSPS) is 18.8. The number of benzene rings is 4. The minimum Gasteiger partial charge on any atom is -0.497 e. The quantitative estimate of drug-likeness (QED) is 0.121. The highest BCUT2D eigenvalue weighted by atomic mass is 127. The first-order valence-corrected chi connectivity index (χ1v) is 14.5. The van der Waals surface area contributed by atoms with E-state index in [1.54, 1.807) is 44.6 Å². The molecule has 5 rings (SSSR count). The smallest absolute Gasteiger partial charge is 0.425 e. The van der Waals surface area contributed by atoms with Crippen LogP contribution in [0.3, 0.4) is 0 Å². The Labute approximate surface area is 261 Å². The highest BCUT2D eigenvalue weighted by Gasteiger charge is 2.51. The molecule has 5 nitrogen and oxygen atoms in total. The molecule has 0 unspecified atom stereocenters. The van der Waals surface area contributed by atoms with Crippen LogP contribution in [0.25, 0.3) is 0 Å². The third-order valence-corrected chi connectivity index (χ3v) is 8.28. The summed E-state index contributed by atoms with van der Waals surface area (Å²) in [6.07, 6.45) is -7.57. The number of aliphatic imine (C=N–C) groups is 1. The molecule has 4 aromatic carbocycles.